The Morgan fingerprint density at radius 1 is 1.19 bits per heavy atom. The molecule has 0 saturated heterocycles. The number of hydrogen-bond donors (Lipinski definition) is 1. The van der Waals surface area contributed by atoms with Crippen molar-refractivity contribution in [1.82, 2.24) is 10.2 Å². The summed E-state index contributed by atoms with van der Waals surface area (Å²) in [6.07, 6.45) is 2.01. The first-order valence-corrected chi connectivity index (χ1v) is 8.21. The van der Waals surface area contributed by atoms with Crippen LogP contribution < -0.4 is 5.32 Å². The largest absolute Gasteiger partial charge is 0.296 e. The van der Waals surface area contributed by atoms with Crippen molar-refractivity contribution in [3.05, 3.63) is 38.8 Å². The molecule has 0 aliphatic heterocycles. The van der Waals surface area contributed by atoms with Crippen molar-refractivity contribution in [2.75, 3.05) is 5.32 Å². The van der Waals surface area contributed by atoms with Crippen molar-refractivity contribution < 1.29 is 4.79 Å². The van der Waals surface area contributed by atoms with E-state index in [1.807, 2.05) is 0 Å². The summed E-state index contributed by atoms with van der Waals surface area (Å²) in [7, 11) is 0. The molecule has 0 unspecified atom stereocenters. The van der Waals surface area contributed by atoms with Crippen LogP contribution in [0.2, 0.25) is 10.0 Å². The van der Waals surface area contributed by atoms with E-state index in [0.717, 1.165) is 17.8 Å². The minimum atomic E-state index is -0.299. The van der Waals surface area contributed by atoms with Crippen LogP contribution in [0.4, 0.5) is 5.13 Å². The molecule has 1 aromatic heterocycles. The van der Waals surface area contributed by atoms with Gasteiger partial charge in [0, 0.05) is 21.5 Å². The normalized spacial score (nSPS) is 10.9. The maximum atomic E-state index is 12.1. The first-order valence-electron chi connectivity index (χ1n) is 6.64. The van der Waals surface area contributed by atoms with Crippen molar-refractivity contribution in [3.8, 4) is 0 Å². The summed E-state index contributed by atoms with van der Waals surface area (Å²) >= 11 is 13.2. The summed E-state index contributed by atoms with van der Waals surface area (Å²) in [5.41, 5.74) is 0.395. The van der Waals surface area contributed by atoms with Gasteiger partial charge in [0.1, 0.15) is 5.01 Å². The van der Waals surface area contributed by atoms with Crippen LogP contribution in [0.3, 0.4) is 0 Å². The Kier molecular flexibility index (Phi) is 5.56. The molecule has 1 heterocycles. The molecular formula is C14H15Cl2N3OS. The molecule has 0 aliphatic carbocycles. The van der Waals surface area contributed by atoms with Gasteiger partial charge in [0.2, 0.25) is 5.13 Å². The van der Waals surface area contributed by atoms with Gasteiger partial charge >= 0.3 is 0 Å². The maximum Gasteiger partial charge on any atom is 0.257 e. The van der Waals surface area contributed by atoms with Crippen LogP contribution >= 0.6 is 34.5 Å². The summed E-state index contributed by atoms with van der Waals surface area (Å²) < 4.78 is 0. The summed E-state index contributed by atoms with van der Waals surface area (Å²) in [6, 6.07) is 4.70. The zero-order valence-electron chi connectivity index (χ0n) is 11.7. The average molecular weight is 344 g/mol. The number of carbonyl (C=O) groups excluding carboxylic acids is 1. The molecule has 1 amide bonds. The van der Waals surface area contributed by atoms with Gasteiger partial charge in [-0.25, -0.2) is 0 Å². The molecule has 1 aromatic carbocycles. The second-order valence-corrected chi connectivity index (χ2v) is 6.45. The highest BCUT2D eigenvalue weighted by Crippen LogP contribution is 2.28. The number of benzene rings is 1. The van der Waals surface area contributed by atoms with E-state index < -0.39 is 0 Å². The molecule has 0 radical (unpaired) electrons. The van der Waals surface area contributed by atoms with Crippen LogP contribution in [0.25, 0.3) is 0 Å². The Bertz CT molecular complexity index is 621. The lowest BCUT2D eigenvalue weighted by atomic mass is 10.1. The van der Waals surface area contributed by atoms with E-state index in [1.54, 1.807) is 18.2 Å². The predicted octanol–water partition coefficient (Wildman–Crippen LogP) is 5.00. The van der Waals surface area contributed by atoms with Gasteiger partial charge in [0.05, 0.1) is 0 Å². The highest BCUT2D eigenvalue weighted by Gasteiger charge is 2.15. The van der Waals surface area contributed by atoms with Crippen LogP contribution in [-0.4, -0.2) is 16.1 Å². The van der Waals surface area contributed by atoms with Crippen LogP contribution in [0.1, 0.15) is 48.0 Å². The molecule has 0 spiro atoms. The molecule has 7 heteroatoms. The van der Waals surface area contributed by atoms with Crippen molar-refractivity contribution in [2.24, 2.45) is 0 Å². The molecular weight excluding hydrogens is 329 g/mol. The van der Waals surface area contributed by atoms with E-state index in [1.165, 1.54) is 11.3 Å². The molecule has 0 fully saturated rings. The number of nitrogens with zero attached hydrogens (tertiary/aromatic N) is 2. The molecule has 1 N–H and O–H groups in total. The summed E-state index contributed by atoms with van der Waals surface area (Å²) in [4.78, 5) is 12.1. The number of anilines is 1. The van der Waals surface area contributed by atoms with Gasteiger partial charge in [-0.05, 0) is 31.0 Å². The van der Waals surface area contributed by atoms with Crippen molar-refractivity contribution in [3.63, 3.8) is 0 Å². The second kappa shape index (κ2) is 7.20. The van der Waals surface area contributed by atoms with Gasteiger partial charge in [0.25, 0.3) is 5.91 Å². The van der Waals surface area contributed by atoms with E-state index in [9.17, 15) is 4.79 Å². The number of halogens is 2. The molecule has 112 valence electrons. The highest BCUT2D eigenvalue weighted by molar-refractivity contribution is 7.15. The zero-order valence-corrected chi connectivity index (χ0v) is 14.0. The van der Waals surface area contributed by atoms with Crippen molar-refractivity contribution >= 4 is 45.6 Å². The minimum absolute atomic E-state index is 0.299. The number of rotatable bonds is 5. The van der Waals surface area contributed by atoms with Gasteiger partial charge < -0.3 is 0 Å². The highest BCUT2D eigenvalue weighted by atomic mass is 35.5. The lowest BCUT2D eigenvalue weighted by Crippen LogP contribution is -2.11. The summed E-state index contributed by atoms with van der Waals surface area (Å²) in [5.74, 6) is 0.0837. The molecule has 2 aromatic rings. The maximum absolute atomic E-state index is 12.1. The van der Waals surface area contributed by atoms with E-state index >= 15 is 0 Å². The van der Waals surface area contributed by atoms with Gasteiger partial charge in [-0.3, -0.25) is 10.1 Å². The van der Waals surface area contributed by atoms with Crippen molar-refractivity contribution in [1.29, 1.82) is 0 Å². The Labute approximate surface area is 137 Å². The number of amides is 1. The fourth-order valence-corrected chi connectivity index (χ4v) is 3.47. The second-order valence-electron chi connectivity index (χ2n) is 4.57. The summed E-state index contributed by atoms with van der Waals surface area (Å²) in [6.45, 7) is 4.23. The SMILES string of the molecule is CCC(CC)c1nnc(NC(=O)c2cc(Cl)cc(Cl)c2)s1. The number of aromatic nitrogens is 2. The fraction of sp³-hybridized carbons (Fsp3) is 0.357. The average Bonchev–Trinajstić information content (AvgIpc) is 2.87. The molecule has 21 heavy (non-hydrogen) atoms. The minimum Gasteiger partial charge on any atom is -0.296 e. The van der Waals surface area contributed by atoms with E-state index in [-0.39, 0.29) is 5.91 Å². The Morgan fingerprint density at radius 2 is 1.81 bits per heavy atom. The molecule has 0 atom stereocenters. The Balaban J connectivity index is 2.12. The molecule has 0 bridgehead atoms. The number of nitrogens with one attached hydrogen (secondary N) is 1. The summed E-state index contributed by atoms with van der Waals surface area (Å²) in [5, 5.41) is 13.1. The van der Waals surface area contributed by atoms with E-state index in [2.05, 4.69) is 29.4 Å². The Morgan fingerprint density at radius 3 is 2.38 bits per heavy atom. The van der Waals surface area contributed by atoms with Gasteiger partial charge in [-0.1, -0.05) is 48.4 Å². The van der Waals surface area contributed by atoms with Crippen molar-refractivity contribution in [2.45, 2.75) is 32.6 Å². The lowest BCUT2D eigenvalue weighted by Gasteiger charge is -2.06. The number of carbonyl (C=O) groups is 1. The predicted molar refractivity (Wildman–Crippen MR) is 87.6 cm³/mol. The third-order valence-electron chi connectivity index (χ3n) is 3.12. The first kappa shape index (κ1) is 16.2. The molecule has 0 saturated carbocycles. The fourth-order valence-electron chi connectivity index (χ4n) is 1.94. The lowest BCUT2D eigenvalue weighted by molar-refractivity contribution is 0.102. The van der Waals surface area contributed by atoms with Gasteiger partial charge in [-0.15, -0.1) is 10.2 Å². The van der Waals surface area contributed by atoms with Gasteiger partial charge in [-0.2, -0.15) is 0 Å². The standard InChI is InChI=1S/C14H15Cl2N3OS/c1-3-8(4-2)13-18-19-14(21-13)17-12(20)9-5-10(15)7-11(16)6-9/h5-8H,3-4H2,1-2H3,(H,17,19,20). The monoisotopic (exact) mass is 343 g/mol. The van der Waals surface area contributed by atoms with Crippen LogP contribution in [0, 0.1) is 0 Å². The smallest absolute Gasteiger partial charge is 0.257 e. The first-order chi connectivity index (χ1) is 10.0. The quantitative estimate of drug-likeness (QED) is 0.830. The third kappa shape index (κ3) is 4.15. The number of hydrogen-bond acceptors (Lipinski definition) is 4. The Hall–Kier alpha value is -1.17. The van der Waals surface area contributed by atoms with E-state index in [0.29, 0.717) is 26.7 Å². The molecule has 2 rings (SSSR count). The van der Waals surface area contributed by atoms with Crippen LogP contribution in [-0.2, 0) is 0 Å². The van der Waals surface area contributed by atoms with Crippen LogP contribution in [0.5, 0.6) is 0 Å². The third-order valence-corrected chi connectivity index (χ3v) is 4.56. The van der Waals surface area contributed by atoms with E-state index in [4.69, 9.17) is 23.2 Å². The van der Waals surface area contributed by atoms with Crippen LogP contribution in [0.15, 0.2) is 18.2 Å². The zero-order chi connectivity index (χ0) is 15.4. The molecule has 4 nitrogen and oxygen atoms in total. The topological polar surface area (TPSA) is 54.9 Å². The van der Waals surface area contributed by atoms with Gasteiger partial charge in [0.15, 0.2) is 0 Å². The molecule has 0 aliphatic rings.